The second-order valence-electron chi connectivity index (χ2n) is 17.7. The number of nitrogens with zero attached hydrogens (tertiary/aromatic N) is 4. The van der Waals surface area contributed by atoms with E-state index in [1.54, 1.807) is 0 Å². The first-order valence-corrected chi connectivity index (χ1v) is 28.4. The van der Waals surface area contributed by atoms with Gasteiger partial charge >= 0.3 is 370 Å². The molecule has 60 heavy (non-hydrogen) atoms. The number of hydrogen-bond acceptors (Lipinski definition) is 5. The van der Waals surface area contributed by atoms with Crippen LogP contribution in [0.1, 0.15) is 86.2 Å². The molecule has 0 unspecified atom stereocenters. The summed E-state index contributed by atoms with van der Waals surface area (Å²) in [6, 6.07) is 26.7. The Kier molecular flexibility index (Phi) is 12.0. The predicted octanol–water partition coefficient (Wildman–Crippen LogP) is 12.6. The third-order valence-corrected chi connectivity index (χ3v) is 21.6. The predicted molar refractivity (Wildman–Crippen MR) is 261 cm³/mol. The molecule has 8 heteroatoms. The van der Waals surface area contributed by atoms with Gasteiger partial charge in [-0.3, -0.25) is 0 Å². The van der Waals surface area contributed by atoms with Gasteiger partial charge in [0.15, 0.2) is 0 Å². The van der Waals surface area contributed by atoms with Gasteiger partial charge in [-0.05, 0) is 0 Å². The molecule has 2 aliphatic rings. The maximum atomic E-state index is 9.26. The molecule has 7 rings (SSSR count). The second kappa shape index (κ2) is 16.3. The van der Waals surface area contributed by atoms with Crippen LogP contribution in [0.25, 0.3) is 0 Å². The van der Waals surface area contributed by atoms with Crippen molar-refractivity contribution >= 4 is 55.4 Å². The number of anilines is 4. The van der Waals surface area contributed by atoms with Crippen LogP contribution in [0, 0.1) is 83.1 Å². The third kappa shape index (κ3) is 7.82. The molecule has 5 aromatic rings. The molecule has 0 radical (unpaired) electrons. The van der Waals surface area contributed by atoms with E-state index < -0.39 is 10.3 Å². The van der Waals surface area contributed by atoms with Crippen LogP contribution in [0.3, 0.4) is 0 Å². The molecule has 0 N–H and O–H groups in total. The zero-order chi connectivity index (χ0) is 43.6. The summed E-state index contributed by atoms with van der Waals surface area (Å²) < 4.78 is 10.8. The van der Waals surface area contributed by atoms with Crippen molar-refractivity contribution in [2.45, 2.75) is 103 Å². The second-order valence-corrected chi connectivity index (χ2v) is 30.9. The molecule has 320 valence electrons. The monoisotopic (exact) mass is 932 g/mol. The SMILES string of the molecule is Cc1cc(C)c(N2CCN(c3c(C)cc(C)cc3C)[C]2=[Ru]([Cl])([Cl])(=[CH]c2ccccc2OC(C)C)=[C]2N(c3c(C)cc(C)cc3C)CCN2c2c(C)cc(C)cc2C)c(C)c1. The van der Waals surface area contributed by atoms with E-state index in [0.717, 1.165) is 69.0 Å². The van der Waals surface area contributed by atoms with Gasteiger partial charge in [-0.15, -0.1) is 0 Å². The van der Waals surface area contributed by atoms with Crippen molar-refractivity contribution in [3.05, 3.63) is 145 Å². The first kappa shape index (κ1) is 44.0. The standard InChI is InChI=1S/2C21H26N2.C10H12O.2ClH.Ru/c2*1-14-9-16(3)20(17(4)10-14)22-7-8-23(13-22)21-18(5)11-15(2)12-19(21)6;1-8(2)11-10-7-5-4-6-9(10)3;;;/h2*9-12H,7-8H2,1-6H3;3-8H,1-2H3;2*1H;/q;;;;;+2/p-2. The summed E-state index contributed by atoms with van der Waals surface area (Å²) in [5.74, 6) is 0.768. The Hall–Kier alpha value is -4.09. The number of benzene rings is 5. The normalized spacial score (nSPS) is 15.4. The van der Waals surface area contributed by atoms with E-state index in [9.17, 15) is 19.4 Å². The molecule has 0 spiro atoms. The first-order valence-electron chi connectivity index (χ1n) is 21.2. The molecule has 0 aromatic heterocycles. The van der Waals surface area contributed by atoms with Gasteiger partial charge in [0.05, 0.1) is 0 Å². The Morgan fingerprint density at radius 2 is 0.733 bits per heavy atom. The van der Waals surface area contributed by atoms with Gasteiger partial charge in [-0.2, -0.15) is 0 Å². The van der Waals surface area contributed by atoms with Crippen LogP contribution >= 0.6 is 19.4 Å². The van der Waals surface area contributed by atoms with Crippen LogP contribution < -0.4 is 24.3 Å². The number of para-hydroxylation sites is 1. The van der Waals surface area contributed by atoms with Crippen molar-refractivity contribution < 1.29 is 15.0 Å². The fourth-order valence-electron chi connectivity index (χ4n) is 10.2. The van der Waals surface area contributed by atoms with Crippen molar-refractivity contribution in [3.8, 4) is 5.75 Å². The number of ether oxygens (including phenoxy) is 1. The topological polar surface area (TPSA) is 22.2 Å². The number of aryl methyl sites for hydroxylation is 12. The summed E-state index contributed by atoms with van der Waals surface area (Å²) >= 11 is 0. The summed E-state index contributed by atoms with van der Waals surface area (Å²) in [5.41, 5.74) is 20.1. The molecule has 0 bridgehead atoms. The minimum atomic E-state index is -5.56. The molecule has 2 heterocycles. The average molecular weight is 933 g/mol. The van der Waals surface area contributed by atoms with Crippen LogP contribution in [0.5, 0.6) is 5.75 Å². The molecule has 0 amide bonds. The van der Waals surface area contributed by atoms with E-state index in [-0.39, 0.29) is 6.10 Å². The molecular weight excluding hydrogens is 869 g/mol. The van der Waals surface area contributed by atoms with Crippen molar-refractivity contribution in [1.82, 2.24) is 0 Å². The first-order chi connectivity index (χ1) is 28.2. The molecule has 0 aliphatic carbocycles. The Bertz CT molecular complexity index is 2440. The molecule has 2 aliphatic heterocycles. The molecule has 2 fully saturated rings. The zero-order valence-electron chi connectivity index (χ0n) is 38.2. The minimum absolute atomic E-state index is 0.0486. The van der Waals surface area contributed by atoms with Gasteiger partial charge in [0.2, 0.25) is 0 Å². The Morgan fingerprint density at radius 1 is 0.467 bits per heavy atom. The Morgan fingerprint density at radius 3 is 1.00 bits per heavy atom. The van der Waals surface area contributed by atoms with Crippen molar-refractivity contribution in [3.63, 3.8) is 0 Å². The third-order valence-electron chi connectivity index (χ3n) is 11.7. The fourth-order valence-corrected chi connectivity index (χ4v) is 21.8. The molecular formula is C52H64Cl2N4ORu. The van der Waals surface area contributed by atoms with E-state index in [0.29, 0.717) is 0 Å². The van der Waals surface area contributed by atoms with Crippen molar-refractivity contribution in [2.75, 3.05) is 45.8 Å². The number of halogens is 2. The molecule has 5 aromatic carbocycles. The van der Waals surface area contributed by atoms with Gasteiger partial charge in [0.1, 0.15) is 0 Å². The average Bonchev–Trinajstić information content (AvgIpc) is 3.74. The van der Waals surface area contributed by atoms with Gasteiger partial charge in [0, 0.05) is 0 Å². The summed E-state index contributed by atoms with van der Waals surface area (Å²) in [6.45, 7) is 33.6. The maximum absolute atomic E-state index is 9.26. The van der Waals surface area contributed by atoms with E-state index in [4.69, 9.17) is 4.74 Å². The van der Waals surface area contributed by atoms with Crippen molar-refractivity contribution in [1.29, 1.82) is 0 Å². The van der Waals surface area contributed by atoms with E-state index >= 15 is 0 Å². The van der Waals surface area contributed by atoms with Gasteiger partial charge in [-0.25, -0.2) is 0 Å². The Balaban J connectivity index is 1.85. The van der Waals surface area contributed by atoms with Crippen LogP contribution in [0.4, 0.5) is 22.7 Å². The van der Waals surface area contributed by atoms with Crippen LogP contribution in [-0.4, -0.2) is 45.6 Å². The van der Waals surface area contributed by atoms with Crippen LogP contribution in [0.15, 0.2) is 72.8 Å². The van der Waals surface area contributed by atoms with Gasteiger partial charge in [-0.1, -0.05) is 0 Å². The summed E-state index contributed by atoms with van der Waals surface area (Å²) in [5, 5.41) is 0. The summed E-state index contributed by atoms with van der Waals surface area (Å²) in [6.07, 6.45) is -0.0486. The van der Waals surface area contributed by atoms with Crippen molar-refractivity contribution in [2.24, 2.45) is 0 Å². The molecule has 2 saturated heterocycles. The van der Waals surface area contributed by atoms with Crippen LogP contribution in [0.2, 0.25) is 0 Å². The number of rotatable bonds is 7. The van der Waals surface area contributed by atoms with E-state index in [2.05, 4.69) is 188 Å². The zero-order valence-corrected chi connectivity index (χ0v) is 41.5. The molecule has 0 saturated carbocycles. The summed E-state index contributed by atoms with van der Waals surface area (Å²) in [7, 11) is 13.0. The fraction of sp³-hybridized carbons (Fsp3) is 0.365. The van der Waals surface area contributed by atoms with E-state index in [1.807, 2.05) is 6.07 Å². The molecule has 0 atom stereocenters. The van der Waals surface area contributed by atoms with Gasteiger partial charge < -0.3 is 0 Å². The van der Waals surface area contributed by atoms with Crippen LogP contribution in [-0.2, 0) is 10.3 Å². The molecule has 5 nitrogen and oxygen atoms in total. The summed E-state index contributed by atoms with van der Waals surface area (Å²) in [4.78, 5) is 10.0. The van der Waals surface area contributed by atoms with E-state index in [1.165, 1.54) is 66.8 Å². The number of hydrogen-bond donors (Lipinski definition) is 0. The Labute approximate surface area is 367 Å². The van der Waals surface area contributed by atoms with Gasteiger partial charge in [0.25, 0.3) is 0 Å². The quantitative estimate of drug-likeness (QED) is 0.151.